The number of fused-ring (bicyclic) bond motifs is 1. The number of nitrogens with zero attached hydrogens (tertiary/aromatic N) is 4. The summed E-state index contributed by atoms with van der Waals surface area (Å²) in [4.78, 5) is 8.55. The number of hydrogen-bond donors (Lipinski definition) is 1. The zero-order valence-corrected chi connectivity index (χ0v) is 10.8. The molecule has 1 aromatic carbocycles. The molecule has 2 heterocycles. The molecule has 0 fully saturated rings. The lowest BCUT2D eigenvalue weighted by Crippen LogP contribution is -2.12. The van der Waals surface area contributed by atoms with Gasteiger partial charge in [-0.05, 0) is 23.8 Å². The summed E-state index contributed by atoms with van der Waals surface area (Å²) in [6, 6.07) is 10.1. The molecule has 0 aliphatic heterocycles. The van der Waals surface area contributed by atoms with E-state index in [1.807, 2.05) is 24.3 Å². The molecule has 5 nitrogen and oxygen atoms in total. The van der Waals surface area contributed by atoms with E-state index in [1.54, 1.807) is 17.2 Å². The van der Waals surface area contributed by atoms with Gasteiger partial charge in [0.2, 0.25) is 5.82 Å². The lowest BCUT2D eigenvalue weighted by atomic mass is 10.1. The summed E-state index contributed by atoms with van der Waals surface area (Å²) in [5, 5.41) is 5.32. The zero-order chi connectivity index (χ0) is 13.2. The number of pyridine rings is 1. The SMILES string of the molecule is NC(=S)c1ncn(Cc2ccc3ncccc3c2)n1. The van der Waals surface area contributed by atoms with Crippen LogP contribution in [0, 0.1) is 0 Å². The first-order chi connectivity index (χ1) is 9.22. The Morgan fingerprint density at radius 3 is 2.95 bits per heavy atom. The zero-order valence-electron chi connectivity index (χ0n) is 10.0. The first-order valence-electron chi connectivity index (χ1n) is 5.75. The van der Waals surface area contributed by atoms with Crippen molar-refractivity contribution in [2.75, 3.05) is 0 Å². The predicted octanol–water partition coefficient (Wildman–Crippen LogP) is 1.51. The monoisotopic (exact) mass is 269 g/mol. The van der Waals surface area contributed by atoms with Crippen LogP contribution in [-0.4, -0.2) is 24.7 Å². The third kappa shape index (κ3) is 2.43. The van der Waals surface area contributed by atoms with Gasteiger partial charge < -0.3 is 5.73 Å². The molecule has 6 heteroatoms. The Morgan fingerprint density at radius 2 is 2.16 bits per heavy atom. The topological polar surface area (TPSA) is 69.6 Å². The molecular weight excluding hydrogens is 258 g/mol. The van der Waals surface area contributed by atoms with Crippen LogP contribution in [0.25, 0.3) is 10.9 Å². The highest BCUT2D eigenvalue weighted by Crippen LogP contribution is 2.13. The van der Waals surface area contributed by atoms with E-state index in [-0.39, 0.29) is 4.99 Å². The molecule has 0 radical (unpaired) electrons. The second-order valence-corrected chi connectivity index (χ2v) is 4.60. The van der Waals surface area contributed by atoms with Crippen molar-refractivity contribution in [3.8, 4) is 0 Å². The number of thiocarbonyl (C=S) groups is 1. The molecule has 0 saturated carbocycles. The van der Waals surface area contributed by atoms with Gasteiger partial charge in [0.15, 0.2) is 0 Å². The lowest BCUT2D eigenvalue weighted by Gasteiger charge is -2.03. The van der Waals surface area contributed by atoms with Gasteiger partial charge in [0, 0.05) is 11.6 Å². The highest BCUT2D eigenvalue weighted by atomic mass is 32.1. The molecule has 2 aromatic heterocycles. The van der Waals surface area contributed by atoms with Crippen LogP contribution in [0.5, 0.6) is 0 Å². The minimum Gasteiger partial charge on any atom is -0.387 e. The lowest BCUT2D eigenvalue weighted by molar-refractivity contribution is 0.684. The van der Waals surface area contributed by atoms with Crippen molar-refractivity contribution < 1.29 is 0 Å². The summed E-state index contributed by atoms with van der Waals surface area (Å²) in [7, 11) is 0. The van der Waals surface area contributed by atoms with Crippen molar-refractivity contribution in [2.24, 2.45) is 5.73 Å². The average molecular weight is 269 g/mol. The molecular formula is C13H11N5S. The van der Waals surface area contributed by atoms with Crippen LogP contribution < -0.4 is 5.73 Å². The minimum absolute atomic E-state index is 0.210. The molecule has 0 bridgehead atoms. The van der Waals surface area contributed by atoms with Crippen LogP contribution in [-0.2, 0) is 6.54 Å². The molecule has 0 unspecified atom stereocenters. The second-order valence-electron chi connectivity index (χ2n) is 4.16. The fraction of sp³-hybridized carbons (Fsp3) is 0.0769. The molecule has 3 rings (SSSR count). The fourth-order valence-corrected chi connectivity index (χ4v) is 1.99. The maximum atomic E-state index is 5.48. The van der Waals surface area contributed by atoms with Crippen LogP contribution in [0.3, 0.4) is 0 Å². The van der Waals surface area contributed by atoms with E-state index >= 15 is 0 Å². The van der Waals surface area contributed by atoms with Crippen LogP contribution in [0.4, 0.5) is 0 Å². The average Bonchev–Trinajstić information content (AvgIpc) is 2.87. The Hall–Kier alpha value is -2.34. The highest BCUT2D eigenvalue weighted by Gasteiger charge is 2.04. The van der Waals surface area contributed by atoms with Crippen molar-refractivity contribution in [1.29, 1.82) is 0 Å². The van der Waals surface area contributed by atoms with E-state index in [2.05, 4.69) is 21.1 Å². The maximum Gasteiger partial charge on any atom is 0.208 e. The smallest absolute Gasteiger partial charge is 0.208 e. The molecule has 0 amide bonds. The summed E-state index contributed by atoms with van der Waals surface area (Å²) in [6.07, 6.45) is 3.41. The Balaban J connectivity index is 1.89. The van der Waals surface area contributed by atoms with Crippen molar-refractivity contribution in [3.05, 3.63) is 54.2 Å². The van der Waals surface area contributed by atoms with Gasteiger partial charge in [0.25, 0.3) is 0 Å². The largest absolute Gasteiger partial charge is 0.387 e. The Labute approximate surface area is 115 Å². The van der Waals surface area contributed by atoms with Gasteiger partial charge in [0.1, 0.15) is 11.3 Å². The number of hydrogen-bond acceptors (Lipinski definition) is 4. The summed E-state index contributed by atoms with van der Waals surface area (Å²) in [5.74, 6) is 0.400. The number of nitrogens with two attached hydrogens (primary N) is 1. The van der Waals surface area contributed by atoms with Crippen molar-refractivity contribution in [3.63, 3.8) is 0 Å². The van der Waals surface area contributed by atoms with E-state index in [0.717, 1.165) is 16.5 Å². The summed E-state index contributed by atoms with van der Waals surface area (Å²) in [6.45, 7) is 0.625. The van der Waals surface area contributed by atoms with E-state index < -0.39 is 0 Å². The minimum atomic E-state index is 0.210. The Bertz CT molecular complexity index is 749. The van der Waals surface area contributed by atoms with Crippen molar-refractivity contribution in [2.45, 2.75) is 6.54 Å². The first-order valence-corrected chi connectivity index (χ1v) is 6.16. The third-order valence-corrected chi connectivity index (χ3v) is 2.95. The number of benzene rings is 1. The van der Waals surface area contributed by atoms with Gasteiger partial charge >= 0.3 is 0 Å². The summed E-state index contributed by atoms with van der Waals surface area (Å²) >= 11 is 4.83. The van der Waals surface area contributed by atoms with Crippen LogP contribution in [0.2, 0.25) is 0 Å². The van der Waals surface area contributed by atoms with Gasteiger partial charge in [-0.25, -0.2) is 9.67 Å². The molecule has 0 spiro atoms. The number of aromatic nitrogens is 4. The highest BCUT2D eigenvalue weighted by molar-refractivity contribution is 7.80. The standard InChI is InChI=1S/C13H11N5S/c14-12(19)13-16-8-18(17-13)7-9-3-4-11-10(6-9)2-1-5-15-11/h1-6,8H,7H2,(H2,14,19). The van der Waals surface area contributed by atoms with Crippen LogP contribution in [0.15, 0.2) is 42.9 Å². The van der Waals surface area contributed by atoms with Crippen molar-refractivity contribution >= 4 is 28.1 Å². The molecule has 0 aliphatic carbocycles. The molecule has 0 atom stereocenters. The maximum absolute atomic E-state index is 5.48. The first kappa shape index (κ1) is 11.7. The van der Waals surface area contributed by atoms with Gasteiger partial charge in [0.05, 0.1) is 12.1 Å². The van der Waals surface area contributed by atoms with E-state index in [0.29, 0.717) is 12.4 Å². The molecule has 94 valence electrons. The van der Waals surface area contributed by atoms with E-state index in [1.165, 1.54) is 0 Å². The number of rotatable bonds is 3. The van der Waals surface area contributed by atoms with Gasteiger partial charge in [-0.15, -0.1) is 5.10 Å². The van der Waals surface area contributed by atoms with Crippen LogP contribution >= 0.6 is 12.2 Å². The van der Waals surface area contributed by atoms with E-state index in [4.69, 9.17) is 18.0 Å². The van der Waals surface area contributed by atoms with E-state index in [9.17, 15) is 0 Å². The third-order valence-electron chi connectivity index (χ3n) is 2.77. The molecule has 0 saturated heterocycles. The fourth-order valence-electron chi connectivity index (χ4n) is 1.89. The molecule has 3 aromatic rings. The Kier molecular flexibility index (Phi) is 2.92. The quantitative estimate of drug-likeness (QED) is 0.730. The van der Waals surface area contributed by atoms with Gasteiger partial charge in [-0.2, -0.15) is 0 Å². The molecule has 2 N–H and O–H groups in total. The van der Waals surface area contributed by atoms with Gasteiger partial charge in [-0.1, -0.05) is 24.4 Å². The van der Waals surface area contributed by atoms with Gasteiger partial charge in [-0.3, -0.25) is 4.98 Å². The summed E-state index contributed by atoms with van der Waals surface area (Å²) in [5.41, 5.74) is 7.58. The predicted molar refractivity (Wildman–Crippen MR) is 76.8 cm³/mol. The molecule has 19 heavy (non-hydrogen) atoms. The Morgan fingerprint density at radius 1 is 1.26 bits per heavy atom. The van der Waals surface area contributed by atoms with Crippen molar-refractivity contribution in [1.82, 2.24) is 19.7 Å². The summed E-state index contributed by atoms with van der Waals surface area (Å²) < 4.78 is 1.71. The second kappa shape index (κ2) is 4.74. The normalized spacial score (nSPS) is 10.7. The van der Waals surface area contributed by atoms with Crippen LogP contribution in [0.1, 0.15) is 11.4 Å². The molecule has 0 aliphatic rings.